The van der Waals surface area contributed by atoms with Crippen molar-refractivity contribution in [2.24, 2.45) is 0 Å². The number of hydrogen-bond donors (Lipinski definition) is 2. The first-order chi connectivity index (χ1) is 17.6. The molecule has 12 heteroatoms. The number of nitrogens with zero attached hydrogens (tertiary/aromatic N) is 3. The topological polar surface area (TPSA) is 79.4 Å². The molecule has 37 heavy (non-hydrogen) atoms. The first-order valence-electron chi connectivity index (χ1n) is 11.4. The Morgan fingerprint density at radius 1 is 1.16 bits per heavy atom. The summed E-state index contributed by atoms with van der Waals surface area (Å²) >= 11 is 0.829. The number of carbonyl (C=O) groups is 1. The number of benzene rings is 2. The Balaban J connectivity index is 1.58. The number of piperidine rings is 1. The van der Waals surface area contributed by atoms with E-state index in [9.17, 15) is 22.4 Å². The van der Waals surface area contributed by atoms with Crippen LogP contribution in [0.1, 0.15) is 28.8 Å². The Kier molecular flexibility index (Phi) is 8.18. The fourth-order valence-electron chi connectivity index (χ4n) is 3.83. The van der Waals surface area contributed by atoms with Crippen LogP contribution in [-0.2, 0) is 6.18 Å². The van der Waals surface area contributed by atoms with E-state index in [2.05, 4.69) is 25.5 Å². The third-order valence-electron chi connectivity index (χ3n) is 5.85. The number of ether oxygens (including phenoxy) is 1. The number of rotatable bonds is 7. The van der Waals surface area contributed by atoms with Gasteiger partial charge in [-0.05, 0) is 51.2 Å². The van der Waals surface area contributed by atoms with Crippen LogP contribution < -0.4 is 15.4 Å². The molecule has 1 amide bonds. The van der Waals surface area contributed by atoms with E-state index < -0.39 is 23.5 Å². The van der Waals surface area contributed by atoms with Crippen molar-refractivity contribution in [3.63, 3.8) is 0 Å². The molecule has 1 aliphatic heterocycles. The number of anilines is 2. The number of alkyl halides is 3. The maximum Gasteiger partial charge on any atom is 0.420 e. The van der Waals surface area contributed by atoms with Gasteiger partial charge in [-0.1, -0.05) is 30.0 Å². The molecule has 0 unspecified atom stereocenters. The Hall–Kier alpha value is -3.38. The molecule has 1 aromatic heterocycles. The summed E-state index contributed by atoms with van der Waals surface area (Å²) in [6, 6.07) is 10.7. The number of nitrogens with one attached hydrogen (secondary N) is 2. The van der Waals surface area contributed by atoms with Gasteiger partial charge in [0.25, 0.3) is 5.91 Å². The highest BCUT2D eigenvalue weighted by Gasteiger charge is 2.35. The Bertz CT molecular complexity index is 1250. The number of carbonyl (C=O) groups excluding carboxylic acids is 1. The summed E-state index contributed by atoms with van der Waals surface area (Å²) < 4.78 is 61.0. The van der Waals surface area contributed by atoms with Gasteiger partial charge in [-0.2, -0.15) is 13.2 Å². The molecule has 3 aromatic rings. The second-order valence-corrected chi connectivity index (χ2v) is 9.60. The van der Waals surface area contributed by atoms with E-state index in [0.29, 0.717) is 11.1 Å². The average Bonchev–Trinajstić information content (AvgIpc) is 2.85. The summed E-state index contributed by atoms with van der Waals surface area (Å²) in [4.78, 5) is 23.2. The van der Waals surface area contributed by atoms with Crippen molar-refractivity contribution in [3.8, 4) is 5.75 Å². The Morgan fingerprint density at radius 2 is 1.86 bits per heavy atom. The first-order valence-corrected chi connectivity index (χ1v) is 12.3. The van der Waals surface area contributed by atoms with Gasteiger partial charge in [0.15, 0.2) is 0 Å². The zero-order chi connectivity index (χ0) is 26.6. The molecule has 1 fully saturated rings. The van der Waals surface area contributed by atoms with Gasteiger partial charge < -0.3 is 20.3 Å². The van der Waals surface area contributed by atoms with Crippen LogP contribution in [-0.4, -0.2) is 54.1 Å². The van der Waals surface area contributed by atoms with Gasteiger partial charge in [-0.15, -0.1) is 0 Å². The van der Waals surface area contributed by atoms with Crippen molar-refractivity contribution in [1.82, 2.24) is 20.2 Å². The molecular weight excluding hydrogens is 510 g/mol. The summed E-state index contributed by atoms with van der Waals surface area (Å²) in [5, 5.41) is 5.25. The molecule has 0 radical (unpaired) electrons. The predicted molar refractivity (Wildman–Crippen MR) is 132 cm³/mol. The lowest BCUT2D eigenvalue weighted by molar-refractivity contribution is -0.140. The summed E-state index contributed by atoms with van der Waals surface area (Å²) in [5.74, 6) is -1.47. The van der Waals surface area contributed by atoms with Crippen LogP contribution in [0.5, 0.6) is 5.75 Å². The summed E-state index contributed by atoms with van der Waals surface area (Å²) in [6.45, 7) is 1.66. The molecule has 2 heterocycles. The molecule has 2 N–H and O–H groups in total. The molecule has 2 aromatic carbocycles. The quantitative estimate of drug-likeness (QED) is 0.311. The smallest absolute Gasteiger partial charge is 0.420 e. The third kappa shape index (κ3) is 6.69. The molecule has 1 saturated heterocycles. The van der Waals surface area contributed by atoms with Crippen LogP contribution >= 0.6 is 11.8 Å². The van der Waals surface area contributed by atoms with Crippen LogP contribution in [0.15, 0.2) is 58.6 Å². The fraction of sp³-hybridized carbons (Fsp3) is 0.320. The van der Waals surface area contributed by atoms with Crippen molar-refractivity contribution in [2.45, 2.75) is 35.0 Å². The average molecular weight is 536 g/mol. The highest BCUT2D eigenvalue weighted by atomic mass is 32.2. The van der Waals surface area contributed by atoms with E-state index in [4.69, 9.17) is 4.74 Å². The van der Waals surface area contributed by atoms with Crippen LogP contribution in [0.2, 0.25) is 0 Å². The SMILES string of the molecule is COc1cc(C(=O)NC2CCN(C)CC2)c(F)cc1Nc1ncc(C(F)(F)F)c(Sc2ccccc2)n1. The summed E-state index contributed by atoms with van der Waals surface area (Å²) in [7, 11) is 3.33. The zero-order valence-corrected chi connectivity index (χ0v) is 20.9. The van der Waals surface area contributed by atoms with E-state index in [-0.39, 0.29) is 34.0 Å². The molecule has 196 valence electrons. The second-order valence-electron chi connectivity index (χ2n) is 8.53. The number of amides is 1. The molecule has 0 atom stereocenters. The van der Waals surface area contributed by atoms with Crippen molar-refractivity contribution < 1.29 is 27.1 Å². The van der Waals surface area contributed by atoms with Crippen LogP contribution in [0.25, 0.3) is 0 Å². The standard InChI is InChI=1S/C25H25F4N5O2S/c1-34-10-8-15(9-11-34)31-22(35)17-12-21(36-2)20(13-19(17)26)32-24-30-14-18(25(27,28)29)23(33-24)37-16-6-4-3-5-7-16/h3-7,12-15H,8-11H2,1-2H3,(H,31,35)(H,30,32,33). The minimum Gasteiger partial charge on any atom is -0.495 e. The van der Waals surface area contributed by atoms with Gasteiger partial charge in [0.05, 0.1) is 18.4 Å². The highest BCUT2D eigenvalue weighted by molar-refractivity contribution is 7.99. The highest BCUT2D eigenvalue weighted by Crippen LogP contribution is 2.39. The minimum absolute atomic E-state index is 0.0614. The lowest BCUT2D eigenvalue weighted by Gasteiger charge is -2.29. The largest absolute Gasteiger partial charge is 0.495 e. The molecule has 0 bridgehead atoms. The molecule has 4 rings (SSSR count). The number of halogens is 4. The lowest BCUT2D eigenvalue weighted by Crippen LogP contribution is -2.43. The van der Waals surface area contributed by atoms with Gasteiger partial charge >= 0.3 is 6.18 Å². The predicted octanol–water partition coefficient (Wildman–Crippen LogP) is 5.36. The van der Waals surface area contributed by atoms with Crippen molar-refractivity contribution >= 4 is 29.3 Å². The molecular formula is C25H25F4N5O2S. The van der Waals surface area contributed by atoms with Crippen molar-refractivity contribution in [2.75, 3.05) is 32.6 Å². The number of hydrogen-bond acceptors (Lipinski definition) is 7. The van der Waals surface area contributed by atoms with Gasteiger partial charge in [-0.25, -0.2) is 14.4 Å². The van der Waals surface area contributed by atoms with Crippen LogP contribution in [0, 0.1) is 5.82 Å². The van der Waals surface area contributed by atoms with Gasteiger partial charge in [-0.3, -0.25) is 4.79 Å². The van der Waals surface area contributed by atoms with E-state index in [1.54, 1.807) is 30.3 Å². The van der Waals surface area contributed by atoms with Gasteiger partial charge in [0.2, 0.25) is 5.95 Å². The van der Waals surface area contributed by atoms with Crippen LogP contribution in [0.4, 0.5) is 29.2 Å². The molecule has 0 spiro atoms. The maximum atomic E-state index is 15.0. The normalized spacial score (nSPS) is 14.9. The molecule has 0 aliphatic carbocycles. The van der Waals surface area contributed by atoms with Crippen molar-refractivity contribution in [1.29, 1.82) is 0 Å². The van der Waals surface area contributed by atoms with E-state index in [1.807, 2.05) is 7.05 Å². The molecule has 0 saturated carbocycles. The van der Waals surface area contributed by atoms with Gasteiger partial charge in [0.1, 0.15) is 22.2 Å². The Labute approximate surface area is 215 Å². The minimum atomic E-state index is -4.66. The number of aromatic nitrogens is 2. The van der Waals surface area contributed by atoms with E-state index >= 15 is 0 Å². The maximum absolute atomic E-state index is 15.0. The Morgan fingerprint density at radius 3 is 2.51 bits per heavy atom. The third-order valence-corrected chi connectivity index (χ3v) is 6.86. The molecule has 7 nitrogen and oxygen atoms in total. The molecule has 1 aliphatic rings. The number of likely N-dealkylation sites (tertiary alicyclic amines) is 1. The second kappa shape index (κ2) is 11.3. The van der Waals surface area contributed by atoms with E-state index in [1.165, 1.54) is 13.2 Å². The monoisotopic (exact) mass is 535 g/mol. The zero-order valence-electron chi connectivity index (χ0n) is 20.1. The first kappa shape index (κ1) is 26.7. The van der Waals surface area contributed by atoms with E-state index in [0.717, 1.165) is 43.8 Å². The fourth-order valence-corrected chi connectivity index (χ4v) is 4.76. The summed E-state index contributed by atoms with van der Waals surface area (Å²) in [5.41, 5.74) is -1.13. The lowest BCUT2D eigenvalue weighted by atomic mass is 10.0. The van der Waals surface area contributed by atoms with Crippen LogP contribution in [0.3, 0.4) is 0 Å². The van der Waals surface area contributed by atoms with Crippen molar-refractivity contribution in [3.05, 3.63) is 65.6 Å². The summed E-state index contributed by atoms with van der Waals surface area (Å²) in [6.07, 6.45) is -2.47. The number of methoxy groups -OCH3 is 1. The van der Waals surface area contributed by atoms with Gasteiger partial charge in [0, 0.05) is 23.2 Å².